The average molecular weight is 389 g/mol. The van der Waals surface area contributed by atoms with E-state index in [9.17, 15) is 9.59 Å². The molecule has 0 spiro atoms. The van der Waals surface area contributed by atoms with E-state index in [1.807, 2.05) is 39.1 Å². The zero-order valence-electron chi connectivity index (χ0n) is 16.8. The van der Waals surface area contributed by atoms with Crippen LogP contribution in [0.15, 0.2) is 24.5 Å². The molecular weight excluding hydrogens is 362 g/mol. The lowest BCUT2D eigenvalue weighted by Crippen LogP contribution is -2.41. The Bertz CT molecular complexity index is 847. The molecule has 1 fully saturated rings. The van der Waals surface area contributed by atoms with Gasteiger partial charge in [0.1, 0.15) is 11.4 Å². The lowest BCUT2D eigenvalue weighted by molar-refractivity contribution is -0.142. The van der Waals surface area contributed by atoms with Crippen molar-refractivity contribution in [1.29, 1.82) is 0 Å². The molecule has 152 valence electrons. The van der Waals surface area contributed by atoms with Gasteiger partial charge in [0.2, 0.25) is 0 Å². The quantitative estimate of drug-likeness (QED) is 0.748. The highest BCUT2D eigenvalue weighted by Gasteiger charge is 2.28. The topological polar surface area (TPSA) is 82.4 Å². The zero-order valence-corrected chi connectivity index (χ0v) is 16.8. The highest BCUT2D eigenvalue weighted by atomic mass is 16.6. The van der Waals surface area contributed by atoms with Gasteiger partial charge in [0, 0.05) is 18.7 Å². The van der Waals surface area contributed by atoms with E-state index in [1.54, 1.807) is 15.6 Å². The molecule has 8 heteroatoms. The monoisotopic (exact) mass is 389 g/mol. The molecule has 0 aromatic carbocycles. The highest BCUT2D eigenvalue weighted by molar-refractivity contribution is 5.71. The molecule has 0 saturated carbocycles. The van der Waals surface area contributed by atoms with Crippen molar-refractivity contribution in [3.8, 4) is 5.75 Å². The van der Waals surface area contributed by atoms with Crippen LogP contribution in [0.4, 0.5) is 4.79 Å². The largest absolute Gasteiger partial charge is 0.480 e. The maximum absolute atomic E-state index is 12.2. The molecule has 0 N–H and O–H groups in total. The number of ether oxygens (including phenoxy) is 3. The number of rotatable bonds is 4. The Morgan fingerprint density at radius 2 is 1.93 bits per heavy atom. The second-order valence-electron chi connectivity index (χ2n) is 7.90. The lowest BCUT2D eigenvalue weighted by Gasteiger charge is -2.33. The summed E-state index contributed by atoms with van der Waals surface area (Å²) in [6.45, 7) is 6.81. The first-order valence-corrected chi connectivity index (χ1v) is 9.41. The van der Waals surface area contributed by atoms with Gasteiger partial charge < -0.3 is 19.1 Å². The molecule has 0 bridgehead atoms. The molecule has 0 aliphatic carbocycles. The van der Waals surface area contributed by atoms with Crippen LogP contribution in [0.25, 0.3) is 5.52 Å². The number of nitrogens with zero attached hydrogens (tertiary/aromatic N) is 3. The average Bonchev–Trinajstić information content (AvgIpc) is 3.08. The number of aromatic nitrogens is 2. The van der Waals surface area contributed by atoms with Gasteiger partial charge in [-0.05, 0) is 51.7 Å². The Morgan fingerprint density at radius 1 is 1.21 bits per heavy atom. The van der Waals surface area contributed by atoms with E-state index in [-0.39, 0.29) is 12.7 Å². The Hall–Kier alpha value is -2.77. The van der Waals surface area contributed by atoms with Crippen molar-refractivity contribution in [3.05, 3.63) is 30.1 Å². The van der Waals surface area contributed by atoms with Crippen LogP contribution in [0.1, 0.15) is 45.1 Å². The van der Waals surface area contributed by atoms with Crippen LogP contribution < -0.4 is 4.74 Å². The van der Waals surface area contributed by atoms with Crippen molar-refractivity contribution < 1.29 is 23.8 Å². The fraction of sp³-hybridized carbons (Fsp3) is 0.550. The van der Waals surface area contributed by atoms with E-state index in [0.29, 0.717) is 24.8 Å². The number of pyridine rings is 1. The number of carbonyl (C=O) groups excluding carboxylic acids is 2. The van der Waals surface area contributed by atoms with E-state index in [2.05, 4.69) is 9.84 Å². The number of amides is 1. The normalized spacial score (nSPS) is 15.5. The Morgan fingerprint density at radius 3 is 2.57 bits per heavy atom. The predicted molar refractivity (Wildman–Crippen MR) is 102 cm³/mol. The van der Waals surface area contributed by atoms with Crippen LogP contribution in [-0.2, 0) is 14.3 Å². The summed E-state index contributed by atoms with van der Waals surface area (Å²) in [6, 6.07) is 3.76. The molecule has 0 radical (unpaired) electrons. The highest BCUT2D eigenvalue weighted by Crippen LogP contribution is 2.32. The number of esters is 1. The standard InChI is InChI=1S/C20H27N3O5/c1-20(2,3)28-19(25)22-9-7-14(8-10-22)16-11-21-23-12-15(5-6-17(16)23)27-13-18(24)26-4/h5-6,11-12,14H,7-10,13H2,1-4H3. The van der Waals surface area contributed by atoms with Crippen LogP contribution in [-0.4, -0.2) is 59.0 Å². The van der Waals surface area contributed by atoms with E-state index in [1.165, 1.54) is 7.11 Å². The van der Waals surface area contributed by atoms with E-state index in [4.69, 9.17) is 9.47 Å². The molecule has 1 saturated heterocycles. The van der Waals surface area contributed by atoms with Gasteiger partial charge in [0.25, 0.3) is 0 Å². The van der Waals surface area contributed by atoms with Gasteiger partial charge in [-0.1, -0.05) is 0 Å². The number of carbonyl (C=O) groups is 2. The molecule has 2 aromatic heterocycles. The fourth-order valence-electron chi connectivity index (χ4n) is 3.29. The van der Waals surface area contributed by atoms with Crippen LogP contribution >= 0.6 is 0 Å². The summed E-state index contributed by atoms with van der Waals surface area (Å²) in [5, 5.41) is 4.42. The van der Waals surface area contributed by atoms with Gasteiger partial charge in [-0.25, -0.2) is 14.1 Å². The summed E-state index contributed by atoms with van der Waals surface area (Å²) in [7, 11) is 1.32. The minimum absolute atomic E-state index is 0.140. The summed E-state index contributed by atoms with van der Waals surface area (Å²) in [5.74, 6) is 0.448. The van der Waals surface area contributed by atoms with Crippen molar-refractivity contribution in [2.45, 2.75) is 45.1 Å². The van der Waals surface area contributed by atoms with Crippen molar-refractivity contribution in [1.82, 2.24) is 14.5 Å². The number of hydrogen-bond donors (Lipinski definition) is 0. The van der Waals surface area contributed by atoms with Crippen molar-refractivity contribution in [2.24, 2.45) is 0 Å². The number of hydrogen-bond acceptors (Lipinski definition) is 6. The van der Waals surface area contributed by atoms with Crippen LogP contribution in [0.5, 0.6) is 5.75 Å². The van der Waals surface area contributed by atoms with Crippen LogP contribution in [0.3, 0.4) is 0 Å². The summed E-state index contributed by atoms with van der Waals surface area (Å²) >= 11 is 0. The molecule has 3 heterocycles. The van der Waals surface area contributed by atoms with Gasteiger partial charge in [-0.15, -0.1) is 0 Å². The molecule has 2 aromatic rings. The van der Waals surface area contributed by atoms with Crippen LogP contribution in [0.2, 0.25) is 0 Å². The summed E-state index contributed by atoms with van der Waals surface area (Å²) < 4.78 is 17.2. The third-order valence-electron chi connectivity index (χ3n) is 4.69. The summed E-state index contributed by atoms with van der Waals surface area (Å²) in [6.07, 6.45) is 5.09. The van der Waals surface area contributed by atoms with E-state index >= 15 is 0 Å². The van der Waals surface area contributed by atoms with Gasteiger partial charge in [0.05, 0.1) is 25.0 Å². The maximum atomic E-state index is 12.2. The van der Waals surface area contributed by atoms with Gasteiger partial charge in [-0.3, -0.25) is 0 Å². The molecule has 0 atom stereocenters. The lowest BCUT2D eigenvalue weighted by atomic mass is 9.90. The third kappa shape index (κ3) is 4.74. The number of fused-ring (bicyclic) bond motifs is 1. The molecule has 28 heavy (non-hydrogen) atoms. The smallest absolute Gasteiger partial charge is 0.410 e. The molecule has 8 nitrogen and oxygen atoms in total. The summed E-state index contributed by atoms with van der Waals surface area (Å²) in [5.41, 5.74) is 1.67. The number of likely N-dealkylation sites (tertiary alicyclic amines) is 1. The maximum Gasteiger partial charge on any atom is 0.410 e. The Kier molecular flexibility index (Phi) is 5.76. The second kappa shape index (κ2) is 8.08. The Balaban J connectivity index is 1.63. The van der Waals surface area contributed by atoms with E-state index < -0.39 is 11.6 Å². The summed E-state index contributed by atoms with van der Waals surface area (Å²) in [4.78, 5) is 25.2. The molecular formula is C20H27N3O5. The van der Waals surface area contributed by atoms with Gasteiger partial charge in [-0.2, -0.15) is 5.10 Å². The Labute approximate surface area is 164 Å². The minimum atomic E-state index is -0.482. The van der Waals surface area contributed by atoms with Crippen LogP contribution in [0, 0.1) is 0 Å². The first-order chi connectivity index (χ1) is 13.3. The second-order valence-corrected chi connectivity index (χ2v) is 7.90. The molecule has 1 aliphatic heterocycles. The zero-order chi connectivity index (χ0) is 20.3. The first kappa shape index (κ1) is 20.0. The molecule has 1 aliphatic rings. The first-order valence-electron chi connectivity index (χ1n) is 9.41. The van der Waals surface area contributed by atoms with E-state index in [0.717, 1.165) is 23.9 Å². The minimum Gasteiger partial charge on any atom is -0.480 e. The number of piperidine rings is 1. The van der Waals surface area contributed by atoms with Crippen molar-refractivity contribution in [3.63, 3.8) is 0 Å². The molecule has 0 unspecified atom stereocenters. The third-order valence-corrected chi connectivity index (χ3v) is 4.69. The van der Waals surface area contributed by atoms with Crippen molar-refractivity contribution >= 4 is 17.6 Å². The fourth-order valence-corrected chi connectivity index (χ4v) is 3.29. The number of methoxy groups -OCH3 is 1. The predicted octanol–water partition coefficient (Wildman–Crippen LogP) is 3.00. The molecule has 1 amide bonds. The SMILES string of the molecule is COC(=O)COc1ccc2c(C3CCN(C(=O)OC(C)(C)C)CC3)cnn2c1. The molecule has 3 rings (SSSR count). The van der Waals surface area contributed by atoms with Gasteiger partial charge in [0.15, 0.2) is 6.61 Å². The van der Waals surface area contributed by atoms with Gasteiger partial charge >= 0.3 is 12.1 Å². The van der Waals surface area contributed by atoms with Crippen molar-refractivity contribution in [2.75, 3.05) is 26.8 Å².